The van der Waals surface area contributed by atoms with Crippen LogP contribution in [0.2, 0.25) is 0 Å². The second-order valence-corrected chi connectivity index (χ2v) is 5.07. The van der Waals surface area contributed by atoms with Gasteiger partial charge in [0.25, 0.3) is 0 Å². The van der Waals surface area contributed by atoms with E-state index in [0.717, 1.165) is 24.2 Å². The zero-order valence-corrected chi connectivity index (χ0v) is 9.28. The van der Waals surface area contributed by atoms with Crippen molar-refractivity contribution in [2.24, 2.45) is 17.8 Å². The Bertz CT molecular complexity index is 309. The van der Waals surface area contributed by atoms with Crippen LogP contribution in [-0.4, -0.2) is 13.1 Å². The minimum absolute atomic E-state index is 0.665. The summed E-state index contributed by atoms with van der Waals surface area (Å²) >= 11 is 0. The van der Waals surface area contributed by atoms with Crippen LogP contribution in [0.15, 0.2) is 23.0 Å². The number of furan rings is 1. The van der Waals surface area contributed by atoms with Crippen LogP contribution in [0.25, 0.3) is 0 Å². The van der Waals surface area contributed by atoms with Crippen LogP contribution in [-0.2, 0) is 6.42 Å². The third-order valence-electron chi connectivity index (χ3n) is 4.34. The maximum absolute atomic E-state index is 5.13. The summed E-state index contributed by atoms with van der Waals surface area (Å²) in [5, 5.41) is 3.49. The summed E-state index contributed by atoms with van der Waals surface area (Å²) in [5.41, 5.74) is 1.33. The molecule has 2 saturated carbocycles. The molecule has 1 aromatic rings. The van der Waals surface area contributed by atoms with Crippen LogP contribution in [0.1, 0.15) is 24.8 Å². The average molecular weight is 205 g/mol. The molecule has 1 heterocycles. The SMILES string of the molecule is CNC(Cc1ccoc1)C1C2CCCC21. The lowest BCUT2D eigenvalue weighted by Crippen LogP contribution is -2.31. The van der Waals surface area contributed by atoms with Crippen molar-refractivity contribution in [3.8, 4) is 0 Å². The second kappa shape index (κ2) is 3.67. The molecule has 0 radical (unpaired) electrons. The summed E-state index contributed by atoms with van der Waals surface area (Å²) in [4.78, 5) is 0. The molecule has 2 aliphatic rings. The maximum Gasteiger partial charge on any atom is 0.0935 e. The monoisotopic (exact) mass is 205 g/mol. The van der Waals surface area contributed by atoms with Crippen molar-refractivity contribution in [1.82, 2.24) is 5.32 Å². The Hall–Kier alpha value is -0.760. The van der Waals surface area contributed by atoms with Crippen molar-refractivity contribution < 1.29 is 4.42 Å². The lowest BCUT2D eigenvalue weighted by Gasteiger charge is -2.17. The van der Waals surface area contributed by atoms with Gasteiger partial charge in [0.15, 0.2) is 0 Å². The van der Waals surface area contributed by atoms with Crippen molar-refractivity contribution in [1.29, 1.82) is 0 Å². The quantitative estimate of drug-likeness (QED) is 0.816. The highest BCUT2D eigenvalue weighted by molar-refractivity contribution is 5.13. The first-order valence-corrected chi connectivity index (χ1v) is 6.08. The van der Waals surface area contributed by atoms with Gasteiger partial charge in [0, 0.05) is 6.04 Å². The Morgan fingerprint density at radius 1 is 1.47 bits per heavy atom. The van der Waals surface area contributed by atoms with Gasteiger partial charge in [-0.1, -0.05) is 6.42 Å². The van der Waals surface area contributed by atoms with E-state index >= 15 is 0 Å². The minimum atomic E-state index is 0.665. The lowest BCUT2D eigenvalue weighted by atomic mass is 9.99. The topological polar surface area (TPSA) is 25.2 Å². The van der Waals surface area contributed by atoms with Crippen molar-refractivity contribution >= 4 is 0 Å². The van der Waals surface area contributed by atoms with Gasteiger partial charge < -0.3 is 9.73 Å². The number of fused-ring (bicyclic) bond motifs is 1. The van der Waals surface area contributed by atoms with Crippen LogP contribution >= 0.6 is 0 Å². The van der Waals surface area contributed by atoms with Crippen molar-refractivity contribution in [3.63, 3.8) is 0 Å². The Morgan fingerprint density at radius 2 is 2.27 bits per heavy atom. The molecule has 3 atom stereocenters. The summed E-state index contributed by atoms with van der Waals surface area (Å²) in [7, 11) is 2.10. The molecule has 1 N–H and O–H groups in total. The number of hydrogen-bond donors (Lipinski definition) is 1. The van der Waals surface area contributed by atoms with Gasteiger partial charge in [-0.05, 0) is 55.7 Å². The van der Waals surface area contributed by atoms with Gasteiger partial charge in [0.05, 0.1) is 12.5 Å². The summed E-state index contributed by atoms with van der Waals surface area (Å²) in [6.45, 7) is 0. The van der Waals surface area contributed by atoms with E-state index in [1.165, 1.54) is 24.8 Å². The molecule has 2 heteroatoms. The molecule has 2 aliphatic carbocycles. The van der Waals surface area contributed by atoms with Gasteiger partial charge in [-0.15, -0.1) is 0 Å². The van der Waals surface area contributed by atoms with Gasteiger partial charge in [0.1, 0.15) is 0 Å². The largest absolute Gasteiger partial charge is 0.472 e. The lowest BCUT2D eigenvalue weighted by molar-refractivity contribution is 0.427. The Morgan fingerprint density at radius 3 is 2.87 bits per heavy atom. The fourth-order valence-electron chi connectivity index (χ4n) is 3.57. The van der Waals surface area contributed by atoms with E-state index in [9.17, 15) is 0 Å². The minimum Gasteiger partial charge on any atom is -0.472 e. The number of rotatable bonds is 4. The van der Waals surface area contributed by atoms with Crippen LogP contribution < -0.4 is 5.32 Å². The van der Waals surface area contributed by atoms with E-state index in [2.05, 4.69) is 18.4 Å². The average Bonchev–Trinajstić information content (AvgIpc) is 2.73. The summed E-state index contributed by atoms with van der Waals surface area (Å²) in [6, 6.07) is 2.75. The molecule has 0 spiro atoms. The van der Waals surface area contributed by atoms with Crippen LogP contribution in [0.3, 0.4) is 0 Å². The summed E-state index contributed by atoms with van der Waals surface area (Å²) in [6.07, 6.45) is 9.19. The van der Waals surface area contributed by atoms with Crippen molar-refractivity contribution in [2.45, 2.75) is 31.7 Å². The molecule has 15 heavy (non-hydrogen) atoms. The first kappa shape index (κ1) is 9.46. The van der Waals surface area contributed by atoms with E-state index in [1.807, 2.05) is 6.26 Å². The third-order valence-corrected chi connectivity index (χ3v) is 4.34. The van der Waals surface area contributed by atoms with E-state index < -0.39 is 0 Å². The number of hydrogen-bond acceptors (Lipinski definition) is 2. The molecule has 0 bridgehead atoms. The highest BCUT2D eigenvalue weighted by Crippen LogP contribution is 2.59. The normalized spacial score (nSPS) is 35.1. The molecule has 0 amide bonds. The molecule has 0 aliphatic heterocycles. The van der Waals surface area contributed by atoms with Crippen LogP contribution in [0.5, 0.6) is 0 Å². The highest BCUT2D eigenvalue weighted by atomic mass is 16.3. The van der Waals surface area contributed by atoms with E-state index in [4.69, 9.17) is 4.42 Å². The van der Waals surface area contributed by atoms with Crippen LogP contribution in [0.4, 0.5) is 0 Å². The first-order chi connectivity index (χ1) is 7.40. The fraction of sp³-hybridized carbons (Fsp3) is 0.692. The third kappa shape index (κ3) is 1.61. The smallest absolute Gasteiger partial charge is 0.0935 e. The zero-order valence-electron chi connectivity index (χ0n) is 9.28. The zero-order chi connectivity index (χ0) is 10.3. The van der Waals surface area contributed by atoms with Crippen molar-refractivity contribution in [2.75, 3.05) is 7.05 Å². The van der Waals surface area contributed by atoms with Crippen molar-refractivity contribution in [3.05, 3.63) is 24.2 Å². The maximum atomic E-state index is 5.13. The predicted octanol–water partition coefficient (Wildman–Crippen LogP) is 2.46. The van der Waals surface area contributed by atoms with Gasteiger partial charge in [-0.25, -0.2) is 0 Å². The van der Waals surface area contributed by atoms with E-state index in [0.29, 0.717) is 6.04 Å². The van der Waals surface area contributed by atoms with Crippen LogP contribution in [0, 0.1) is 17.8 Å². The highest BCUT2D eigenvalue weighted by Gasteiger charge is 2.55. The second-order valence-electron chi connectivity index (χ2n) is 5.07. The Labute approximate surface area is 91.0 Å². The molecule has 2 nitrogen and oxygen atoms in total. The Kier molecular flexibility index (Phi) is 2.32. The Balaban J connectivity index is 1.63. The van der Waals surface area contributed by atoms with Gasteiger partial charge in [-0.3, -0.25) is 0 Å². The fourth-order valence-corrected chi connectivity index (χ4v) is 3.57. The molecule has 2 fully saturated rings. The molecule has 82 valence electrons. The predicted molar refractivity (Wildman–Crippen MR) is 59.6 cm³/mol. The summed E-state index contributed by atoms with van der Waals surface area (Å²) < 4.78 is 5.13. The number of nitrogens with one attached hydrogen (secondary N) is 1. The molecule has 3 unspecified atom stereocenters. The molecular formula is C13H19NO. The van der Waals surface area contributed by atoms with Gasteiger partial charge in [0.2, 0.25) is 0 Å². The molecule has 3 rings (SSSR count). The standard InChI is InChI=1S/C13H19NO/c1-14-12(7-9-5-6-15-8-9)13-10-3-2-4-11(10)13/h5-6,8,10-14H,2-4,7H2,1H3. The first-order valence-electron chi connectivity index (χ1n) is 6.08. The van der Waals surface area contributed by atoms with E-state index in [1.54, 1.807) is 6.26 Å². The number of likely N-dealkylation sites (N-methyl/N-ethyl adjacent to an activating group) is 1. The van der Waals surface area contributed by atoms with Gasteiger partial charge >= 0.3 is 0 Å². The van der Waals surface area contributed by atoms with Gasteiger partial charge in [-0.2, -0.15) is 0 Å². The molecular weight excluding hydrogens is 186 g/mol. The molecule has 1 aromatic heterocycles. The molecule has 0 aromatic carbocycles. The molecule has 0 saturated heterocycles. The summed E-state index contributed by atoms with van der Waals surface area (Å²) in [5.74, 6) is 3.02. The van der Waals surface area contributed by atoms with E-state index in [-0.39, 0.29) is 0 Å².